The second-order valence-electron chi connectivity index (χ2n) is 8.92. The van der Waals surface area contributed by atoms with Crippen LogP contribution in [0.1, 0.15) is 39.9 Å². The molecule has 3 aromatic carbocycles. The summed E-state index contributed by atoms with van der Waals surface area (Å²) in [5, 5.41) is 4.07. The fraction of sp³-hybridized carbons (Fsp3) is 0.310. The lowest BCUT2D eigenvalue weighted by molar-refractivity contribution is 0.0955. The monoisotopic (exact) mass is 471 g/mol. The van der Waals surface area contributed by atoms with Gasteiger partial charge in [-0.2, -0.15) is 5.10 Å². The molecular weight excluding hydrogens is 438 g/mol. The number of carbonyl (C=O) groups excluding carboxylic acids is 1. The number of nitrogens with zero attached hydrogens (tertiary/aromatic N) is 2. The van der Waals surface area contributed by atoms with Crippen LogP contribution < -0.4 is 14.9 Å². The summed E-state index contributed by atoms with van der Waals surface area (Å²) in [5.41, 5.74) is 6.62. The van der Waals surface area contributed by atoms with E-state index in [-0.39, 0.29) is 5.91 Å². The third-order valence-electron chi connectivity index (χ3n) is 6.48. The molecule has 1 aliphatic heterocycles. The van der Waals surface area contributed by atoms with Crippen molar-refractivity contribution < 1.29 is 14.3 Å². The SMILES string of the molecule is COc1ccc(/C=N\NC(=O)c2ccc(CN3CCC(Cc4ccccc4)CC3)cc2)cc1OC. The summed E-state index contributed by atoms with van der Waals surface area (Å²) in [6, 6.07) is 24.0. The highest BCUT2D eigenvalue weighted by Crippen LogP contribution is 2.27. The number of likely N-dealkylation sites (tertiary alicyclic amines) is 1. The van der Waals surface area contributed by atoms with E-state index < -0.39 is 0 Å². The van der Waals surface area contributed by atoms with Gasteiger partial charge in [-0.05, 0) is 85.3 Å². The van der Waals surface area contributed by atoms with Gasteiger partial charge in [0.05, 0.1) is 20.4 Å². The van der Waals surface area contributed by atoms with Crippen LogP contribution in [0, 0.1) is 5.92 Å². The third kappa shape index (κ3) is 6.93. The number of amides is 1. The molecule has 3 aromatic rings. The summed E-state index contributed by atoms with van der Waals surface area (Å²) in [6.07, 6.45) is 5.21. The minimum Gasteiger partial charge on any atom is -0.493 e. The number of hydrazone groups is 1. The van der Waals surface area contributed by atoms with Gasteiger partial charge < -0.3 is 9.47 Å². The molecule has 0 radical (unpaired) electrons. The highest BCUT2D eigenvalue weighted by molar-refractivity contribution is 5.94. The molecule has 0 spiro atoms. The number of methoxy groups -OCH3 is 2. The second kappa shape index (κ2) is 12.2. The maximum Gasteiger partial charge on any atom is 0.271 e. The highest BCUT2D eigenvalue weighted by atomic mass is 16.5. The van der Waals surface area contributed by atoms with Gasteiger partial charge in [0.25, 0.3) is 5.91 Å². The van der Waals surface area contributed by atoms with Crippen LogP contribution in [0.2, 0.25) is 0 Å². The molecule has 1 heterocycles. The normalized spacial score (nSPS) is 14.7. The molecule has 0 saturated carbocycles. The summed E-state index contributed by atoms with van der Waals surface area (Å²) in [7, 11) is 3.17. The third-order valence-corrected chi connectivity index (χ3v) is 6.48. The molecule has 1 aliphatic rings. The Hall–Kier alpha value is -3.64. The fourth-order valence-corrected chi connectivity index (χ4v) is 4.48. The van der Waals surface area contributed by atoms with E-state index in [4.69, 9.17) is 9.47 Å². The van der Waals surface area contributed by atoms with E-state index in [1.165, 1.54) is 30.4 Å². The van der Waals surface area contributed by atoms with Crippen molar-refractivity contribution in [3.05, 3.63) is 95.1 Å². The van der Waals surface area contributed by atoms with Crippen molar-refractivity contribution in [2.75, 3.05) is 27.3 Å². The molecule has 0 aliphatic carbocycles. The predicted molar refractivity (Wildman–Crippen MR) is 139 cm³/mol. The summed E-state index contributed by atoms with van der Waals surface area (Å²) >= 11 is 0. The number of piperidine rings is 1. The smallest absolute Gasteiger partial charge is 0.271 e. The Morgan fingerprint density at radius 1 is 0.943 bits per heavy atom. The minimum absolute atomic E-state index is 0.241. The van der Waals surface area contributed by atoms with Crippen molar-refractivity contribution in [1.29, 1.82) is 0 Å². The van der Waals surface area contributed by atoms with Crippen LogP contribution in [0.4, 0.5) is 0 Å². The Morgan fingerprint density at radius 3 is 2.34 bits per heavy atom. The average Bonchev–Trinajstić information content (AvgIpc) is 2.90. The van der Waals surface area contributed by atoms with Gasteiger partial charge in [-0.1, -0.05) is 42.5 Å². The highest BCUT2D eigenvalue weighted by Gasteiger charge is 2.19. The van der Waals surface area contributed by atoms with Gasteiger partial charge in [0, 0.05) is 12.1 Å². The van der Waals surface area contributed by atoms with Gasteiger partial charge >= 0.3 is 0 Å². The van der Waals surface area contributed by atoms with Crippen LogP contribution in [-0.4, -0.2) is 44.3 Å². The first-order chi connectivity index (χ1) is 17.1. The zero-order chi connectivity index (χ0) is 24.5. The molecule has 182 valence electrons. The van der Waals surface area contributed by atoms with Crippen molar-refractivity contribution in [1.82, 2.24) is 10.3 Å². The predicted octanol–water partition coefficient (Wildman–Crippen LogP) is 4.92. The van der Waals surface area contributed by atoms with E-state index in [9.17, 15) is 4.79 Å². The van der Waals surface area contributed by atoms with Gasteiger partial charge in [-0.15, -0.1) is 0 Å². The molecular formula is C29H33N3O3. The fourth-order valence-electron chi connectivity index (χ4n) is 4.48. The van der Waals surface area contributed by atoms with E-state index in [2.05, 4.69) is 45.8 Å². The lowest BCUT2D eigenvalue weighted by Gasteiger charge is -2.32. The van der Waals surface area contributed by atoms with Crippen LogP contribution in [0.25, 0.3) is 0 Å². The summed E-state index contributed by atoms with van der Waals surface area (Å²) < 4.78 is 10.5. The molecule has 0 unspecified atom stereocenters. The molecule has 35 heavy (non-hydrogen) atoms. The molecule has 1 amide bonds. The molecule has 0 aromatic heterocycles. The van der Waals surface area contributed by atoms with Crippen molar-refractivity contribution in [3.63, 3.8) is 0 Å². The molecule has 6 heteroatoms. The molecule has 1 fully saturated rings. The van der Waals surface area contributed by atoms with E-state index in [0.29, 0.717) is 17.1 Å². The zero-order valence-electron chi connectivity index (χ0n) is 20.4. The van der Waals surface area contributed by atoms with Crippen molar-refractivity contribution in [2.45, 2.75) is 25.8 Å². The first kappa shape index (κ1) is 24.5. The maximum absolute atomic E-state index is 12.5. The van der Waals surface area contributed by atoms with Crippen molar-refractivity contribution >= 4 is 12.1 Å². The average molecular weight is 472 g/mol. The first-order valence-electron chi connectivity index (χ1n) is 12.0. The van der Waals surface area contributed by atoms with Gasteiger partial charge in [0.1, 0.15) is 0 Å². The van der Waals surface area contributed by atoms with Crippen molar-refractivity contribution in [2.24, 2.45) is 11.0 Å². The Kier molecular flexibility index (Phi) is 8.52. The lowest BCUT2D eigenvalue weighted by Crippen LogP contribution is -2.33. The van der Waals surface area contributed by atoms with Crippen LogP contribution >= 0.6 is 0 Å². The van der Waals surface area contributed by atoms with Crippen LogP contribution in [-0.2, 0) is 13.0 Å². The number of nitrogens with one attached hydrogen (secondary N) is 1. The lowest BCUT2D eigenvalue weighted by atomic mass is 9.90. The number of carbonyl (C=O) groups is 1. The Morgan fingerprint density at radius 2 is 1.66 bits per heavy atom. The Bertz CT molecular complexity index is 1120. The van der Waals surface area contributed by atoms with Gasteiger partial charge in [-0.25, -0.2) is 5.43 Å². The van der Waals surface area contributed by atoms with Gasteiger partial charge in [-0.3, -0.25) is 9.69 Å². The van der Waals surface area contributed by atoms with Crippen LogP contribution in [0.15, 0.2) is 77.9 Å². The van der Waals surface area contributed by atoms with E-state index in [0.717, 1.165) is 31.1 Å². The number of hydrogen-bond donors (Lipinski definition) is 1. The largest absolute Gasteiger partial charge is 0.493 e. The summed E-state index contributed by atoms with van der Waals surface area (Å²) in [5.74, 6) is 1.78. The zero-order valence-corrected chi connectivity index (χ0v) is 20.4. The van der Waals surface area contributed by atoms with Gasteiger partial charge in [0.15, 0.2) is 11.5 Å². The van der Waals surface area contributed by atoms with Gasteiger partial charge in [0.2, 0.25) is 0 Å². The number of rotatable bonds is 9. The first-order valence-corrected chi connectivity index (χ1v) is 12.0. The van der Waals surface area contributed by atoms with Crippen molar-refractivity contribution in [3.8, 4) is 11.5 Å². The quantitative estimate of drug-likeness (QED) is 0.355. The number of ether oxygens (including phenoxy) is 2. The van der Waals surface area contributed by atoms with E-state index in [1.807, 2.05) is 30.3 Å². The summed E-state index contributed by atoms with van der Waals surface area (Å²) in [4.78, 5) is 15.0. The number of benzene rings is 3. The molecule has 4 rings (SSSR count). The van der Waals surface area contributed by atoms with E-state index >= 15 is 0 Å². The molecule has 1 N–H and O–H groups in total. The molecule has 1 saturated heterocycles. The Balaban J connectivity index is 1.23. The van der Waals surface area contributed by atoms with Crippen LogP contribution in [0.5, 0.6) is 11.5 Å². The minimum atomic E-state index is -0.241. The topological polar surface area (TPSA) is 63.2 Å². The Labute approximate surface area is 207 Å². The maximum atomic E-state index is 12.5. The standard InChI is InChI=1S/C29H33N3O3/c1-34-27-13-10-25(19-28(27)35-2)20-30-31-29(33)26-11-8-24(9-12-26)21-32-16-14-23(15-17-32)18-22-6-4-3-5-7-22/h3-13,19-20,23H,14-18,21H2,1-2H3,(H,31,33)/b30-20-. The number of hydrogen-bond acceptors (Lipinski definition) is 5. The van der Waals surface area contributed by atoms with Crippen LogP contribution in [0.3, 0.4) is 0 Å². The van der Waals surface area contributed by atoms with E-state index in [1.54, 1.807) is 32.6 Å². The molecule has 6 nitrogen and oxygen atoms in total. The summed E-state index contributed by atoms with van der Waals surface area (Å²) in [6.45, 7) is 3.15. The molecule has 0 atom stereocenters. The molecule has 0 bridgehead atoms. The second-order valence-corrected chi connectivity index (χ2v) is 8.92.